The molecule has 2 fully saturated rings. The number of hydrogen-bond acceptors (Lipinski definition) is 3. The van der Waals surface area contributed by atoms with Crippen LogP contribution in [0.25, 0.3) is 0 Å². The number of ether oxygens (including phenoxy) is 1. The first kappa shape index (κ1) is 8.50. The Morgan fingerprint density at radius 2 is 1.44 bits per heavy atom. The molecular weight excluding hydrogens is 204 g/mol. The largest absolute Gasteiger partial charge is 0.393 e. The lowest BCUT2D eigenvalue weighted by atomic mass is 9.77. The van der Waals surface area contributed by atoms with E-state index in [0.29, 0.717) is 0 Å². The molecule has 0 aromatic heterocycles. The first-order chi connectivity index (χ1) is 7.77. The summed E-state index contributed by atoms with van der Waals surface area (Å²) in [6.07, 6.45) is 0.940. The number of esters is 2. The van der Waals surface area contributed by atoms with Crippen LogP contribution in [0.3, 0.4) is 0 Å². The molecule has 1 aliphatic heterocycles. The Labute approximate surface area is 92.4 Å². The second-order valence-electron chi connectivity index (χ2n) is 4.87. The maximum atomic E-state index is 11.6. The molecule has 3 heteroatoms. The van der Waals surface area contributed by atoms with Crippen molar-refractivity contribution in [2.24, 2.45) is 11.8 Å². The molecule has 2 aliphatic carbocycles. The molecule has 4 atom stereocenters. The first-order valence-electron chi connectivity index (χ1n) is 5.62. The lowest BCUT2D eigenvalue weighted by molar-refractivity contribution is -0.154. The molecule has 2 bridgehead atoms. The molecule has 1 aromatic carbocycles. The molecule has 0 spiro atoms. The minimum Gasteiger partial charge on any atom is -0.393 e. The van der Waals surface area contributed by atoms with Gasteiger partial charge in [0.25, 0.3) is 0 Å². The summed E-state index contributed by atoms with van der Waals surface area (Å²) in [5.74, 6) is -0.593. The second kappa shape index (κ2) is 2.54. The molecule has 0 radical (unpaired) electrons. The van der Waals surface area contributed by atoms with Crippen LogP contribution < -0.4 is 0 Å². The summed E-state index contributed by atoms with van der Waals surface area (Å²) in [6, 6.07) is 8.14. The van der Waals surface area contributed by atoms with Gasteiger partial charge in [0, 0.05) is 0 Å². The fourth-order valence-corrected chi connectivity index (χ4v) is 3.75. The molecule has 4 rings (SSSR count). The molecule has 1 saturated heterocycles. The van der Waals surface area contributed by atoms with Crippen LogP contribution in [0.15, 0.2) is 24.3 Å². The third-order valence-electron chi connectivity index (χ3n) is 4.30. The van der Waals surface area contributed by atoms with E-state index in [9.17, 15) is 9.59 Å². The molecule has 80 valence electrons. The summed E-state index contributed by atoms with van der Waals surface area (Å²) < 4.78 is 4.76. The fraction of sp³-hybridized carbons (Fsp3) is 0.385. The monoisotopic (exact) mass is 214 g/mol. The predicted molar refractivity (Wildman–Crippen MR) is 54.6 cm³/mol. The van der Waals surface area contributed by atoms with E-state index in [4.69, 9.17) is 4.74 Å². The van der Waals surface area contributed by atoms with Crippen LogP contribution in [-0.2, 0) is 14.3 Å². The molecule has 0 N–H and O–H groups in total. The molecule has 16 heavy (non-hydrogen) atoms. The highest BCUT2D eigenvalue weighted by molar-refractivity contribution is 5.99. The van der Waals surface area contributed by atoms with Crippen LogP contribution in [0, 0.1) is 11.8 Å². The second-order valence-corrected chi connectivity index (χ2v) is 4.87. The van der Waals surface area contributed by atoms with E-state index >= 15 is 0 Å². The standard InChI is InChI=1S/C13H10O3/c14-12-10-8-5-9(11(10)13(15)16-12)7-4-2-1-3-6(7)8/h1-4,8-11H,5H2. The van der Waals surface area contributed by atoms with Crippen molar-refractivity contribution in [2.45, 2.75) is 18.3 Å². The molecule has 3 aliphatic rings. The van der Waals surface area contributed by atoms with Crippen molar-refractivity contribution in [3.63, 3.8) is 0 Å². The SMILES string of the molecule is O=C1OC(=O)C2C3CC(c4ccccc43)C12. The third kappa shape index (κ3) is 0.775. The topological polar surface area (TPSA) is 43.4 Å². The van der Waals surface area contributed by atoms with Gasteiger partial charge in [-0.15, -0.1) is 0 Å². The van der Waals surface area contributed by atoms with E-state index in [1.54, 1.807) is 0 Å². The molecule has 3 nitrogen and oxygen atoms in total. The van der Waals surface area contributed by atoms with Crippen molar-refractivity contribution in [1.29, 1.82) is 0 Å². The van der Waals surface area contributed by atoms with Gasteiger partial charge in [0.2, 0.25) is 0 Å². The Hall–Kier alpha value is -1.64. The zero-order valence-corrected chi connectivity index (χ0v) is 8.55. The van der Waals surface area contributed by atoms with Gasteiger partial charge < -0.3 is 4.74 Å². The molecule has 1 saturated carbocycles. The van der Waals surface area contributed by atoms with Gasteiger partial charge in [-0.25, -0.2) is 0 Å². The van der Waals surface area contributed by atoms with E-state index in [2.05, 4.69) is 12.1 Å². The third-order valence-corrected chi connectivity index (χ3v) is 4.30. The van der Waals surface area contributed by atoms with Crippen molar-refractivity contribution in [1.82, 2.24) is 0 Å². The number of rotatable bonds is 0. The normalized spacial score (nSPS) is 38.5. The van der Waals surface area contributed by atoms with Crippen LogP contribution >= 0.6 is 0 Å². The highest BCUT2D eigenvalue weighted by atomic mass is 16.6. The Morgan fingerprint density at radius 3 is 1.94 bits per heavy atom. The van der Waals surface area contributed by atoms with Crippen LogP contribution in [0.2, 0.25) is 0 Å². The van der Waals surface area contributed by atoms with E-state index in [1.165, 1.54) is 11.1 Å². The molecule has 4 unspecified atom stereocenters. The average Bonchev–Trinajstić information content (AvgIpc) is 2.91. The van der Waals surface area contributed by atoms with Crippen molar-refractivity contribution in [2.75, 3.05) is 0 Å². The van der Waals surface area contributed by atoms with Crippen LogP contribution in [0.4, 0.5) is 0 Å². The summed E-state index contributed by atoms with van der Waals surface area (Å²) in [6.45, 7) is 0. The van der Waals surface area contributed by atoms with Gasteiger partial charge in [-0.2, -0.15) is 0 Å². The number of fused-ring (bicyclic) bond motifs is 8. The molecule has 1 aromatic rings. The number of carbonyl (C=O) groups excluding carboxylic acids is 2. The smallest absolute Gasteiger partial charge is 0.318 e. The minimum absolute atomic E-state index is 0.201. The summed E-state index contributed by atoms with van der Waals surface area (Å²) in [5, 5.41) is 0. The zero-order chi connectivity index (χ0) is 10.9. The molecule has 1 heterocycles. The van der Waals surface area contributed by atoms with E-state index in [1.807, 2.05) is 12.1 Å². The summed E-state index contributed by atoms with van der Waals surface area (Å²) >= 11 is 0. The lowest BCUT2D eigenvalue weighted by Crippen LogP contribution is -2.23. The quantitative estimate of drug-likeness (QED) is 0.486. The Morgan fingerprint density at radius 1 is 0.938 bits per heavy atom. The van der Waals surface area contributed by atoms with Crippen LogP contribution in [-0.4, -0.2) is 11.9 Å². The number of carbonyl (C=O) groups is 2. The van der Waals surface area contributed by atoms with Crippen LogP contribution in [0.1, 0.15) is 29.4 Å². The molecular formula is C13H10O3. The lowest BCUT2D eigenvalue weighted by Gasteiger charge is -2.21. The highest BCUT2D eigenvalue weighted by Crippen LogP contribution is 2.61. The van der Waals surface area contributed by atoms with E-state index in [-0.39, 0.29) is 35.6 Å². The van der Waals surface area contributed by atoms with Crippen LogP contribution in [0.5, 0.6) is 0 Å². The Kier molecular flexibility index (Phi) is 1.35. The van der Waals surface area contributed by atoms with Crippen molar-refractivity contribution in [3.05, 3.63) is 35.4 Å². The summed E-state index contributed by atoms with van der Waals surface area (Å²) in [4.78, 5) is 23.2. The van der Waals surface area contributed by atoms with Gasteiger partial charge >= 0.3 is 11.9 Å². The Bertz CT molecular complexity index is 475. The average molecular weight is 214 g/mol. The van der Waals surface area contributed by atoms with E-state index in [0.717, 1.165) is 6.42 Å². The van der Waals surface area contributed by atoms with Crippen molar-refractivity contribution in [3.8, 4) is 0 Å². The summed E-state index contributed by atoms with van der Waals surface area (Å²) in [7, 11) is 0. The van der Waals surface area contributed by atoms with Gasteiger partial charge in [-0.1, -0.05) is 24.3 Å². The van der Waals surface area contributed by atoms with Gasteiger partial charge in [0.05, 0.1) is 11.8 Å². The van der Waals surface area contributed by atoms with Crippen molar-refractivity contribution >= 4 is 11.9 Å². The maximum absolute atomic E-state index is 11.6. The highest BCUT2D eigenvalue weighted by Gasteiger charge is 2.61. The van der Waals surface area contributed by atoms with Gasteiger partial charge in [0.1, 0.15) is 0 Å². The number of benzene rings is 1. The molecule has 0 amide bonds. The minimum atomic E-state index is -0.308. The summed E-state index contributed by atoms with van der Waals surface area (Å²) in [5.41, 5.74) is 2.50. The van der Waals surface area contributed by atoms with Gasteiger partial charge in [0.15, 0.2) is 0 Å². The van der Waals surface area contributed by atoms with E-state index < -0.39 is 0 Å². The number of hydrogen-bond donors (Lipinski definition) is 0. The van der Waals surface area contributed by atoms with Gasteiger partial charge in [-0.3, -0.25) is 9.59 Å². The zero-order valence-electron chi connectivity index (χ0n) is 8.55. The Balaban J connectivity index is 1.92. The van der Waals surface area contributed by atoms with Gasteiger partial charge in [-0.05, 0) is 29.4 Å². The maximum Gasteiger partial charge on any atom is 0.318 e. The predicted octanol–water partition coefficient (Wildman–Crippen LogP) is 1.59. The van der Waals surface area contributed by atoms with Crippen molar-refractivity contribution < 1.29 is 14.3 Å². The first-order valence-corrected chi connectivity index (χ1v) is 5.62. The number of cyclic esters (lactones) is 2. The fourth-order valence-electron chi connectivity index (χ4n) is 3.75.